The monoisotopic (exact) mass is 476 g/mol. The fourth-order valence-corrected chi connectivity index (χ4v) is 5.67. The Morgan fingerprint density at radius 3 is 2.65 bits per heavy atom. The minimum Gasteiger partial charge on any atom is -0.379 e. The van der Waals surface area contributed by atoms with Gasteiger partial charge in [-0.3, -0.25) is 9.89 Å². The maximum absolute atomic E-state index is 5.50. The van der Waals surface area contributed by atoms with E-state index in [2.05, 4.69) is 22.0 Å². The number of morpholine rings is 1. The summed E-state index contributed by atoms with van der Waals surface area (Å²) in [6, 6.07) is 0.679. The highest BCUT2D eigenvalue weighted by Gasteiger charge is 2.38. The Morgan fingerprint density at radius 2 is 1.96 bits per heavy atom. The van der Waals surface area contributed by atoms with E-state index in [0.717, 1.165) is 76.2 Å². The van der Waals surface area contributed by atoms with E-state index in [1.165, 1.54) is 38.5 Å². The number of nitrogens with one attached hydrogen (secondary N) is 1. The standard InChI is InChI=1S/C20H36N4O.HI/c1-2-21-20(22-7-5-18-14-16-3-4-17(18)13-16)24-8-6-19(15-24)23-9-11-25-12-10-23;/h16-19H,2-15H2,1H3,(H,21,22);1H. The van der Waals surface area contributed by atoms with Crippen molar-refractivity contribution >= 4 is 29.9 Å². The van der Waals surface area contributed by atoms with Crippen LogP contribution in [0.15, 0.2) is 4.99 Å². The molecule has 0 spiro atoms. The van der Waals surface area contributed by atoms with Gasteiger partial charge in [-0.05, 0) is 56.8 Å². The highest BCUT2D eigenvalue weighted by molar-refractivity contribution is 14.0. The number of halogens is 1. The number of hydrogen-bond donors (Lipinski definition) is 1. The molecule has 0 amide bonds. The lowest BCUT2D eigenvalue weighted by molar-refractivity contribution is 0.0195. The number of likely N-dealkylation sites (tertiary alicyclic amines) is 1. The molecular formula is C20H37IN4O. The molecule has 2 heterocycles. The Balaban J connectivity index is 0.00000196. The molecule has 2 saturated carbocycles. The lowest BCUT2D eigenvalue weighted by Gasteiger charge is -2.32. The lowest BCUT2D eigenvalue weighted by Crippen LogP contribution is -2.46. The van der Waals surface area contributed by atoms with Crippen molar-refractivity contribution in [3.63, 3.8) is 0 Å². The predicted octanol–water partition coefficient (Wildman–Crippen LogP) is 2.80. The van der Waals surface area contributed by atoms with Crippen LogP contribution in [0.2, 0.25) is 0 Å². The first-order valence-corrected chi connectivity index (χ1v) is 10.7. The molecule has 2 aliphatic heterocycles. The normalized spacial score (nSPS) is 35.0. The van der Waals surface area contributed by atoms with Gasteiger partial charge in [0.2, 0.25) is 0 Å². The zero-order chi connectivity index (χ0) is 17.1. The number of hydrogen-bond acceptors (Lipinski definition) is 3. The van der Waals surface area contributed by atoms with E-state index in [0.29, 0.717) is 6.04 Å². The number of aliphatic imine (C=N–C) groups is 1. The number of rotatable bonds is 5. The molecule has 4 aliphatic rings. The van der Waals surface area contributed by atoms with E-state index < -0.39 is 0 Å². The van der Waals surface area contributed by atoms with Gasteiger partial charge in [0.1, 0.15) is 0 Å². The smallest absolute Gasteiger partial charge is 0.193 e. The average molecular weight is 476 g/mol. The van der Waals surface area contributed by atoms with Crippen LogP contribution in [0.4, 0.5) is 0 Å². The fraction of sp³-hybridized carbons (Fsp3) is 0.950. The highest BCUT2D eigenvalue weighted by Crippen LogP contribution is 2.49. The molecule has 150 valence electrons. The van der Waals surface area contributed by atoms with Gasteiger partial charge >= 0.3 is 0 Å². The van der Waals surface area contributed by atoms with Gasteiger partial charge in [-0.2, -0.15) is 0 Å². The summed E-state index contributed by atoms with van der Waals surface area (Å²) < 4.78 is 5.50. The molecule has 6 heteroatoms. The molecule has 0 aromatic heterocycles. The van der Waals surface area contributed by atoms with E-state index in [1.807, 2.05) is 0 Å². The van der Waals surface area contributed by atoms with Gasteiger partial charge in [-0.1, -0.05) is 6.42 Å². The fourth-order valence-electron chi connectivity index (χ4n) is 5.67. The summed E-state index contributed by atoms with van der Waals surface area (Å²) in [4.78, 5) is 10.1. The number of fused-ring (bicyclic) bond motifs is 2. The van der Waals surface area contributed by atoms with E-state index in [-0.39, 0.29) is 24.0 Å². The van der Waals surface area contributed by atoms with Gasteiger partial charge in [0.15, 0.2) is 5.96 Å². The predicted molar refractivity (Wildman–Crippen MR) is 117 cm³/mol. The Morgan fingerprint density at radius 1 is 1.12 bits per heavy atom. The summed E-state index contributed by atoms with van der Waals surface area (Å²) in [7, 11) is 0. The van der Waals surface area contributed by atoms with Gasteiger partial charge in [-0.15, -0.1) is 24.0 Å². The zero-order valence-electron chi connectivity index (χ0n) is 16.4. The van der Waals surface area contributed by atoms with Crippen LogP contribution in [0.1, 0.15) is 45.4 Å². The van der Waals surface area contributed by atoms with Gasteiger partial charge in [0, 0.05) is 45.3 Å². The topological polar surface area (TPSA) is 40.1 Å². The molecular weight excluding hydrogens is 439 g/mol. The Bertz CT molecular complexity index is 469. The minimum absolute atomic E-state index is 0. The molecule has 4 fully saturated rings. The van der Waals surface area contributed by atoms with E-state index >= 15 is 0 Å². The van der Waals surface area contributed by atoms with Crippen LogP contribution >= 0.6 is 24.0 Å². The lowest BCUT2D eigenvalue weighted by atomic mass is 9.86. The van der Waals surface area contributed by atoms with E-state index in [1.54, 1.807) is 0 Å². The third-order valence-corrected chi connectivity index (χ3v) is 7.01. The first-order chi connectivity index (χ1) is 12.3. The largest absolute Gasteiger partial charge is 0.379 e. The van der Waals surface area contributed by atoms with E-state index in [9.17, 15) is 0 Å². The summed E-state index contributed by atoms with van der Waals surface area (Å²) in [5.41, 5.74) is 0. The molecule has 0 aromatic carbocycles. The Labute approximate surface area is 176 Å². The maximum atomic E-state index is 5.50. The second-order valence-corrected chi connectivity index (χ2v) is 8.50. The summed E-state index contributed by atoms with van der Waals surface area (Å²) in [5, 5.41) is 3.54. The molecule has 4 rings (SSSR count). The average Bonchev–Trinajstić information content (AvgIpc) is 3.38. The van der Waals surface area contributed by atoms with Crippen molar-refractivity contribution in [2.75, 3.05) is 52.5 Å². The van der Waals surface area contributed by atoms with Crippen LogP contribution in [0, 0.1) is 17.8 Å². The van der Waals surface area contributed by atoms with Crippen LogP contribution in [-0.4, -0.2) is 74.3 Å². The molecule has 1 N–H and O–H groups in total. The molecule has 0 radical (unpaired) electrons. The van der Waals surface area contributed by atoms with Crippen LogP contribution in [-0.2, 0) is 4.74 Å². The molecule has 0 aromatic rings. The van der Waals surface area contributed by atoms with E-state index in [4.69, 9.17) is 9.73 Å². The van der Waals surface area contributed by atoms with Crippen LogP contribution in [0.25, 0.3) is 0 Å². The van der Waals surface area contributed by atoms with Crippen LogP contribution < -0.4 is 5.32 Å². The van der Waals surface area contributed by atoms with Gasteiger partial charge in [0.05, 0.1) is 13.2 Å². The molecule has 2 bridgehead atoms. The van der Waals surface area contributed by atoms with Gasteiger partial charge in [0.25, 0.3) is 0 Å². The van der Waals surface area contributed by atoms with Crippen LogP contribution in [0.5, 0.6) is 0 Å². The van der Waals surface area contributed by atoms with Crippen molar-refractivity contribution in [3.8, 4) is 0 Å². The molecule has 5 nitrogen and oxygen atoms in total. The Kier molecular flexibility index (Phi) is 7.88. The molecule has 4 atom stereocenters. The van der Waals surface area contributed by atoms with Crippen molar-refractivity contribution in [1.29, 1.82) is 0 Å². The molecule has 2 saturated heterocycles. The first-order valence-electron chi connectivity index (χ1n) is 10.7. The van der Waals surface area contributed by atoms with Crippen molar-refractivity contribution in [2.45, 2.75) is 51.5 Å². The molecule has 2 aliphatic carbocycles. The number of guanidine groups is 1. The van der Waals surface area contributed by atoms with Crippen LogP contribution in [0.3, 0.4) is 0 Å². The van der Waals surface area contributed by atoms with Crippen molar-refractivity contribution in [3.05, 3.63) is 0 Å². The summed E-state index contributed by atoms with van der Waals surface area (Å²) >= 11 is 0. The summed E-state index contributed by atoms with van der Waals surface area (Å²) in [5.74, 6) is 4.20. The zero-order valence-corrected chi connectivity index (χ0v) is 18.7. The quantitative estimate of drug-likeness (QED) is 0.377. The second kappa shape index (κ2) is 9.92. The molecule has 26 heavy (non-hydrogen) atoms. The third-order valence-electron chi connectivity index (χ3n) is 7.01. The maximum Gasteiger partial charge on any atom is 0.193 e. The summed E-state index contributed by atoms with van der Waals surface area (Å²) in [6.45, 7) is 10.4. The number of ether oxygens (including phenoxy) is 1. The minimum atomic E-state index is 0. The van der Waals surface area contributed by atoms with Gasteiger partial charge in [-0.25, -0.2) is 0 Å². The third kappa shape index (κ3) is 4.85. The SMILES string of the molecule is CCNC(=NCCC1CC2CCC1C2)N1CCC(N2CCOCC2)C1.I. The van der Waals surface area contributed by atoms with Crippen molar-refractivity contribution in [2.24, 2.45) is 22.7 Å². The van der Waals surface area contributed by atoms with Crippen molar-refractivity contribution in [1.82, 2.24) is 15.1 Å². The van der Waals surface area contributed by atoms with Crippen molar-refractivity contribution < 1.29 is 4.74 Å². The first kappa shape index (κ1) is 20.6. The molecule has 4 unspecified atom stereocenters. The van der Waals surface area contributed by atoms with Gasteiger partial charge < -0.3 is 15.0 Å². The highest BCUT2D eigenvalue weighted by atomic mass is 127. The Hall–Kier alpha value is -0.0800. The number of nitrogens with zero attached hydrogens (tertiary/aromatic N) is 3. The summed E-state index contributed by atoms with van der Waals surface area (Å²) in [6.07, 6.45) is 8.56. The second-order valence-electron chi connectivity index (χ2n) is 8.50.